The van der Waals surface area contributed by atoms with Crippen LogP contribution in [0.2, 0.25) is 0 Å². The van der Waals surface area contributed by atoms with Crippen molar-refractivity contribution < 1.29 is 9.72 Å². The highest BCUT2D eigenvalue weighted by Crippen LogP contribution is 2.11. The van der Waals surface area contributed by atoms with Crippen molar-refractivity contribution in [1.82, 2.24) is 24.9 Å². The minimum absolute atomic E-state index is 0.0896. The third-order valence-electron chi connectivity index (χ3n) is 4.03. The molecule has 0 atom stereocenters. The Balaban J connectivity index is 1.66. The molecule has 0 saturated heterocycles. The Bertz CT molecular complexity index is 1080. The van der Waals surface area contributed by atoms with E-state index >= 15 is 0 Å². The molecule has 0 fully saturated rings. The molecular formula is C18H18N6O4. The smallest absolute Gasteiger partial charge is 0.269 e. The van der Waals surface area contributed by atoms with Crippen molar-refractivity contribution in [3.8, 4) is 5.82 Å². The van der Waals surface area contributed by atoms with Gasteiger partial charge < -0.3 is 5.32 Å². The standard InChI is InChI=1S/C18H18N6O4/c1-12-11-13(2)23(20-12)16-7-8-17(25)22(21-16)10-9-19-18(26)14-3-5-15(6-4-14)24(27)28/h3-8,11H,9-10H2,1-2H3,(H,19,26). The lowest BCUT2D eigenvalue weighted by atomic mass is 10.2. The summed E-state index contributed by atoms with van der Waals surface area (Å²) in [5.41, 5.74) is 1.64. The van der Waals surface area contributed by atoms with Crippen molar-refractivity contribution in [1.29, 1.82) is 0 Å². The highest BCUT2D eigenvalue weighted by Gasteiger charge is 2.10. The number of nitro groups is 1. The van der Waals surface area contributed by atoms with Crippen LogP contribution in [0, 0.1) is 24.0 Å². The van der Waals surface area contributed by atoms with Crippen LogP contribution < -0.4 is 10.9 Å². The monoisotopic (exact) mass is 382 g/mol. The molecule has 0 bridgehead atoms. The van der Waals surface area contributed by atoms with E-state index < -0.39 is 10.8 Å². The highest BCUT2D eigenvalue weighted by atomic mass is 16.6. The van der Waals surface area contributed by atoms with E-state index in [1.54, 1.807) is 10.7 Å². The molecule has 2 heterocycles. The third kappa shape index (κ3) is 4.11. The zero-order chi connectivity index (χ0) is 20.3. The largest absolute Gasteiger partial charge is 0.350 e. The van der Waals surface area contributed by atoms with Gasteiger partial charge in [-0.25, -0.2) is 9.36 Å². The minimum atomic E-state index is -0.532. The molecule has 28 heavy (non-hydrogen) atoms. The van der Waals surface area contributed by atoms with Crippen LogP contribution in [0.25, 0.3) is 5.82 Å². The summed E-state index contributed by atoms with van der Waals surface area (Å²) in [6, 6.07) is 10.2. The lowest BCUT2D eigenvalue weighted by Crippen LogP contribution is -2.32. The summed E-state index contributed by atoms with van der Waals surface area (Å²) < 4.78 is 2.89. The van der Waals surface area contributed by atoms with Crippen molar-refractivity contribution in [2.75, 3.05) is 6.54 Å². The van der Waals surface area contributed by atoms with Crippen LogP contribution in [0.1, 0.15) is 21.7 Å². The molecule has 3 rings (SSSR count). The summed E-state index contributed by atoms with van der Waals surface area (Å²) in [5, 5.41) is 22.0. The van der Waals surface area contributed by atoms with Gasteiger partial charge in [-0.15, -0.1) is 5.10 Å². The Morgan fingerprint density at radius 2 is 1.86 bits per heavy atom. The molecule has 0 aliphatic rings. The lowest BCUT2D eigenvalue weighted by Gasteiger charge is -2.09. The molecule has 0 saturated carbocycles. The number of carbonyl (C=O) groups excluding carboxylic acids is 1. The molecule has 1 N–H and O–H groups in total. The molecule has 0 aliphatic heterocycles. The second kappa shape index (κ2) is 7.82. The first-order valence-electron chi connectivity index (χ1n) is 8.49. The van der Waals surface area contributed by atoms with E-state index in [0.717, 1.165) is 11.4 Å². The summed E-state index contributed by atoms with van der Waals surface area (Å²) in [5.74, 6) is 0.115. The van der Waals surface area contributed by atoms with Gasteiger partial charge in [-0.1, -0.05) is 0 Å². The van der Waals surface area contributed by atoms with Gasteiger partial charge in [0.15, 0.2) is 5.82 Å². The number of hydrogen-bond donors (Lipinski definition) is 1. The second-order valence-corrected chi connectivity index (χ2v) is 6.15. The highest BCUT2D eigenvalue weighted by molar-refractivity contribution is 5.94. The predicted octanol–water partition coefficient (Wildman–Crippen LogP) is 1.38. The van der Waals surface area contributed by atoms with Gasteiger partial charge in [0.2, 0.25) is 0 Å². The Kier molecular flexibility index (Phi) is 5.30. The van der Waals surface area contributed by atoms with Crippen molar-refractivity contribution in [2.45, 2.75) is 20.4 Å². The van der Waals surface area contributed by atoms with Gasteiger partial charge in [-0.3, -0.25) is 19.7 Å². The van der Waals surface area contributed by atoms with E-state index in [1.165, 1.54) is 35.0 Å². The number of nitrogens with one attached hydrogen (secondary N) is 1. The number of rotatable bonds is 6. The Labute approximate surface area is 159 Å². The van der Waals surface area contributed by atoms with Gasteiger partial charge in [-0.05, 0) is 38.1 Å². The van der Waals surface area contributed by atoms with Crippen LogP contribution in [0.15, 0.2) is 47.3 Å². The van der Waals surface area contributed by atoms with Gasteiger partial charge >= 0.3 is 0 Å². The molecular weight excluding hydrogens is 364 g/mol. The number of carbonyl (C=O) groups is 1. The molecule has 0 radical (unpaired) electrons. The molecule has 10 nitrogen and oxygen atoms in total. The van der Waals surface area contributed by atoms with Crippen molar-refractivity contribution in [3.05, 3.63) is 79.9 Å². The van der Waals surface area contributed by atoms with E-state index in [1.807, 2.05) is 19.9 Å². The maximum atomic E-state index is 12.1. The summed E-state index contributed by atoms with van der Waals surface area (Å²) in [7, 11) is 0. The van der Waals surface area contributed by atoms with Crippen molar-refractivity contribution in [2.24, 2.45) is 0 Å². The maximum absolute atomic E-state index is 12.1. The number of benzene rings is 1. The summed E-state index contributed by atoms with van der Waals surface area (Å²) >= 11 is 0. The molecule has 144 valence electrons. The van der Waals surface area contributed by atoms with Crippen LogP contribution in [0.3, 0.4) is 0 Å². The Morgan fingerprint density at radius 1 is 1.14 bits per heavy atom. The average molecular weight is 382 g/mol. The number of nitrogens with zero attached hydrogens (tertiary/aromatic N) is 5. The van der Waals surface area contributed by atoms with Gasteiger partial charge in [0.25, 0.3) is 17.2 Å². The number of aryl methyl sites for hydroxylation is 2. The van der Waals surface area contributed by atoms with Gasteiger partial charge in [0, 0.05) is 36.0 Å². The molecule has 0 aliphatic carbocycles. The first-order valence-corrected chi connectivity index (χ1v) is 8.49. The minimum Gasteiger partial charge on any atom is -0.350 e. The van der Waals surface area contributed by atoms with E-state index in [0.29, 0.717) is 11.4 Å². The maximum Gasteiger partial charge on any atom is 0.269 e. The third-order valence-corrected chi connectivity index (χ3v) is 4.03. The van der Waals surface area contributed by atoms with E-state index in [9.17, 15) is 19.7 Å². The van der Waals surface area contributed by atoms with Crippen molar-refractivity contribution >= 4 is 11.6 Å². The lowest BCUT2D eigenvalue weighted by molar-refractivity contribution is -0.384. The normalized spacial score (nSPS) is 10.6. The topological polar surface area (TPSA) is 125 Å². The molecule has 0 spiro atoms. The van der Waals surface area contributed by atoms with E-state index in [-0.39, 0.29) is 24.3 Å². The van der Waals surface area contributed by atoms with Crippen LogP contribution >= 0.6 is 0 Å². The fourth-order valence-electron chi connectivity index (χ4n) is 2.68. The van der Waals surface area contributed by atoms with E-state index in [4.69, 9.17) is 0 Å². The van der Waals surface area contributed by atoms with Crippen molar-refractivity contribution in [3.63, 3.8) is 0 Å². The number of nitro benzene ring substituents is 1. The molecule has 1 amide bonds. The number of amides is 1. The summed E-state index contributed by atoms with van der Waals surface area (Å²) in [4.78, 5) is 34.3. The summed E-state index contributed by atoms with van der Waals surface area (Å²) in [6.45, 7) is 4.10. The van der Waals surface area contributed by atoms with Crippen LogP contribution in [-0.2, 0) is 6.54 Å². The van der Waals surface area contributed by atoms with E-state index in [2.05, 4.69) is 15.5 Å². The zero-order valence-electron chi connectivity index (χ0n) is 15.3. The molecule has 10 heteroatoms. The molecule has 3 aromatic rings. The van der Waals surface area contributed by atoms with Crippen LogP contribution in [-0.4, -0.2) is 36.9 Å². The first kappa shape index (κ1) is 19.0. The quantitative estimate of drug-likeness (QED) is 0.507. The Hall–Kier alpha value is -3.82. The SMILES string of the molecule is Cc1cc(C)n(-c2ccc(=O)n(CCNC(=O)c3ccc([N+](=O)[O-])cc3)n2)n1. The fraction of sp³-hybridized carbons (Fsp3) is 0.222. The number of hydrogen-bond acceptors (Lipinski definition) is 6. The number of non-ortho nitro benzene ring substituents is 1. The predicted molar refractivity (Wildman–Crippen MR) is 101 cm³/mol. The van der Waals surface area contributed by atoms with Crippen LogP contribution in [0.5, 0.6) is 0 Å². The summed E-state index contributed by atoms with van der Waals surface area (Å²) in [6.07, 6.45) is 0. The van der Waals surface area contributed by atoms with Crippen LogP contribution in [0.4, 0.5) is 5.69 Å². The van der Waals surface area contributed by atoms with Gasteiger partial charge in [0.05, 0.1) is 17.2 Å². The number of aromatic nitrogens is 4. The molecule has 1 aromatic carbocycles. The zero-order valence-corrected chi connectivity index (χ0v) is 15.3. The molecule has 2 aromatic heterocycles. The fourth-order valence-corrected chi connectivity index (χ4v) is 2.68. The van der Waals surface area contributed by atoms with Gasteiger partial charge in [-0.2, -0.15) is 5.10 Å². The average Bonchev–Trinajstić information content (AvgIpc) is 3.01. The Morgan fingerprint density at radius 3 is 2.46 bits per heavy atom. The molecule has 0 unspecified atom stereocenters. The van der Waals surface area contributed by atoms with Gasteiger partial charge in [0.1, 0.15) is 0 Å². The second-order valence-electron chi connectivity index (χ2n) is 6.15. The first-order chi connectivity index (χ1) is 13.3.